The SMILES string of the molecule is CC(C)(C(=O)O)n1c(=O)c2ccc(Cl)cc2n(CCCCN2CCN(c3ccc(F)cc3)CC2)c1=O. The Hall–Kier alpha value is -3.17. The Kier molecular flexibility index (Phi) is 7.51. The molecule has 1 fully saturated rings. The van der Waals surface area contributed by atoms with Gasteiger partial charge in [-0.05, 0) is 75.7 Å². The minimum Gasteiger partial charge on any atom is -0.480 e. The molecule has 0 aliphatic carbocycles. The second-order valence-electron chi connectivity index (χ2n) is 9.61. The lowest BCUT2D eigenvalue weighted by atomic mass is 10.1. The lowest BCUT2D eigenvalue weighted by Gasteiger charge is -2.36. The summed E-state index contributed by atoms with van der Waals surface area (Å²) in [5, 5.41) is 10.3. The Bertz CT molecular complexity index is 1380. The molecule has 0 unspecified atom stereocenters. The van der Waals surface area contributed by atoms with Gasteiger partial charge in [-0.1, -0.05) is 11.6 Å². The third kappa shape index (κ3) is 5.17. The van der Waals surface area contributed by atoms with Crippen molar-refractivity contribution >= 4 is 34.2 Å². The number of carboxylic acid groups (broad SMARTS) is 1. The summed E-state index contributed by atoms with van der Waals surface area (Å²) in [4.78, 5) is 42.8. The topological polar surface area (TPSA) is 87.8 Å². The van der Waals surface area contributed by atoms with Crippen LogP contribution in [0.25, 0.3) is 10.9 Å². The van der Waals surface area contributed by atoms with Crippen molar-refractivity contribution in [1.82, 2.24) is 14.0 Å². The minimum atomic E-state index is -1.70. The number of aliphatic carboxylic acids is 1. The Balaban J connectivity index is 1.45. The van der Waals surface area contributed by atoms with Crippen molar-refractivity contribution < 1.29 is 14.3 Å². The first-order valence-electron chi connectivity index (χ1n) is 12.0. The van der Waals surface area contributed by atoms with Crippen LogP contribution in [0.15, 0.2) is 52.1 Å². The van der Waals surface area contributed by atoms with Gasteiger partial charge in [-0.25, -0.2) is 18.5 Å². The van der Waals surface area contributed by atoms with E-state index in [1.807, 2.05) is 0 Å². The number of benzene rings is 2. The maximum Gasteiger partial charge on any atom is 0.332 e. The Morgan fingerprint density at radius 2 is 1.64 bits per heavy atom. The number of halogens is 2. The molecule has 0 amide bonds. The molecule has 192 valence electrons. The number of carbonyl (C=O) groups is 1. The van der Waals surface area contributed by atoms with Gasteiger partial charge in [-0.3, -0.25) is 14.3 Å². The van der Waals surface area contributed by atoms with Crippen molar-refractivity contribution in [2.24, 2.45) is 0 Å². The van der Waals surface area contributed by atoms with Crippen LogP contribution in [0.1, 0.15) is 26.7 Å². The summed E-state index contributed by atoms with van der Waals surface area (Å²) >= 11 is 6.15. The molecule has 1 aliphatic rings. The fourth-order valence-corrected chi connectivity index (χ4v) is 4.80. The number of piperazine rings is 1. The number of fused-ring (bicyclic) bond motifs is 1. The normalized spacial score (nSPS) is 14.9. The van der Waals surface area contributed by atoms with Gasteiger partial charge in [-0.2, -0.15) is 0 Å². The molecule has 1 N–H and O–H groups in total. The number of aromatic nitrogens is 2. The minimum absolute atomic E-state index is 0.242. The molecule has 10 heteroatoms. The second kappa shape index (κ2) is 10.4. The molecule has 0 atom stereocenters. The zero-order valence-corrected chi connectivity index (χ0v) is 21.2. The van der Waals surface area contributed by atoms with Crippen LogP contribution in [0.3, 0.4) is 0 Å². The van der Waals surface area contributed by atoms with Gasteiger partial charge in [0.2, 0.25) is 0 Å². The number of unbranched alkanes of at least 4 members (excludes halogenated alkanes) is 1. The predicted molar refractivity (Wildman–Crippen MR) is 139 cm³/mol. The molecule has 36 heavy (non-hydrogen) atoms. The number of carboxylic acids is 1. The summed E-state index contributed by atoms with van der Waals surface area (Å²) < 4.78 is 15.5. The van der Waals surface area contributed by atoms with E-state index in [1.165, 1.54) is 36.6 Å². The van der Waals surface area contributed by atoms with E-state index in [9.17, 15) is 23.9 Å². The van der Waals surface area contributed by atoms with Crippen molar-refractivity contribution in [2.75, 3.05) is 37.6 Å². The van der Waals surface area contributed by atoms with Crippen LogP contribution in [0.4, 0.5) is 10.1 Å². The highest BCUT2D eigenvalue weighted by Gasteiger charge is 2.34. The Morgan fingerprint density at radius 1 is 1.00 bits per heavy atom. The number of rotatable bonds is 8. The third-order valence-electron chi connectivity index (χ3n) is 6.86. The smallest absolute Gasteiger partial charge is 0.332 e. The van der Waals surface area contributed by atoms with E-state index < -0.39 is 22.8 Å². The zero-order valence-electron chi connectivity index (χ0n) is 20.4. The molecule has 2 aromatic carbocycles. The molecule has 3 aromatic rings. The van der Waals surface area contributed by atoms with E-state index in [1.54, 1.807) is 24.3 Å². The van der Waals surface area contributed by atoms with Crippen LogP contribution < -0.4 is 16.1 Å². The van der Waals surface area contributed by atoms with E-state index >= 15 is 0 Å². The number of aryl methyl sites for hydroxylation is 1. The average Bonchev–Trinajstić information content (AvgIpc) is 2.84. The number of anilines is 1. The molecule has 0 spiro atoms. The predicted octanol–water partition coefficient (Wildman–Crippen LogP) is 3.38. The van der Waals surface area contributed by atoms with Gasteiger partial charge in [0.25, 0.3) is 5.56 Å². The quantitative estimate of drug-likeness (QED) is 0.462. The lowest BCUT2D eigenvalue weighted by molar-refractivity contribution is -0.146. The van der Waals surface area contributed by atoms with Gasteiger partial charge in [0, 0.05) is 43.4 Å². The average molecular weight is 517 g/mol. The van der Waals surface area contributed by atoms with Crippen molar-refractivity contribution in [2.45, 2.75) is 38.8 Å². The highest BCUT2D eigenvalue weighted by atomic mass is 35.5. The van der Waals surface area contributed by atoms with E-state index in [2.05, 4.69) is 9.80 Å². The maximum absolute atomic E-state index is 13.3. The van der Waals surface area contributed by atoms with Gasteiger partial charge in [0.15, 0.2) is 0 Å². The lowest BCUT2D eigenvalue weighted by Crippen LogP contribution is -2.52. The van der Waals surface area contributed by atoms with E-state index in [4.69, 9.17) is 11.6 Å². The Morgan fingerprint density at radius 3 is 2.28 bits per heavy atom. The van der Waals surface area contributed by atoms with E-state index in [0.717, 1.165) is 49.4 Å². The van der Waals surface area contributed by atoms with Crippen LogP contribution in [-0.4, -0.2) is 57.8 Å². The monoisotopic (exact) mass is 516 g/mol. The van der Waals surface area contributed by atoms with Crippen LogP contribution in [0, 0.1) is 5.82 Å². The van der Waals surface area contributed by atoms with Gasteiger partial charge in [-0.15, -0.1) is 0 Å². The summed E-state index contributed by atoms with van der Waals surface area (Å²) in [7, 11) is 0. The van der Waals surface area contributed by atoms with Gasteiger partial charge >= 0.3 is 11.7 Å². The standard InChI is InChI=1S/C26H30ClFN4O4/c1-26(2,24(34)35)32-23(33)21-10-5-18(27)17-22(21)31(25(32)36)12-4-3-11-29-13-15-30(16-14-29)20-8-6-19(28)7-9-20/h5-10,17H,3-4,11-16H2,1-2H3,(H,34,35). The fourth-order valence-electron chi connectivity index (χ4n) is 4.63. The van der Waals surface area contributed by atoms with E-state index in [-0.39, 0.29) is 11.2 Å². The highest BCUT2D eigenvalue weighted by molar-refractivity contribution is 6.31. The Labute approximate surface area is 213 Å². The molecule has 0 radical (unpaired) electrons. The van der Waals surface area contributed by atoms with Crippen molar-refractivity contribution in [1.29, 1.82) is 0 Å². The molecule has 4 rings (SSSR count). The molecule has 0 saturated carbocycles. The maximum atomic E-state index is 13.3. The van der Waals surface area contributed by atoms with Crippen LogP contribution in [0.2, 0.25) is 5.02 Å². The van der Waals surface area contributed by atoms with Crippen LogP contribution in [-0.2, 0) is 16.9 Å². The van der Waals surface area contributed by atoms with E-state index in [0.29, 0.717) is 23.5 Å². The zero-order chi connectivity index (χ0) is 26.0. The molecule has 1 saturated heterocycles. The van der Waals surface area contributed by atoms with Gasteiger partial charge in [0.1, 0.15) is 11.4 Å². The van der Waals surface area contributed by atoms with Crippen molar-refractivity contribution in [3.05, 3.63) is 74.1 Å². The molecule has 0 bridgehead atoms. The van der Waals surface area contributed by atoms with Crippen LogP contribution >= 0.6 is 11.6 Å². The molecule has 1 aliphatic heterocycles. The summed E-state index contributed by atoms with van der Waals surface area (Å²) in [5.41, 5.74) is -1.58. The third-order valence-corrected chi connectivity index (χ3v) is 7.09. The molecule has 8 nitrogen and oxygen atoms in total. The molecular formula is C26H30ClFN4O4. The fraction of sp³-hybridized carbons (Fsp3) is 0.423. The van der Waals surface area contributed by atoms with Gasteiger partial charge < -0.3 is 10.0 Å². The number of nitrogens with zero attached hydrogens (tertiary/aromatic N) is 4. The number of hydrogen-bond donors (Lipinski definition) is 1. The summed E-state index contributed by atoms with van der Waals surface area (Å²) in [6, 6.07) is 11.2. The van der Waals surface area contributed by atoms with Gasteiger partial charge in [0.05, 0.1) is 10.9 Å². The highest BCUT2D eigenvalue weighted by Crippen LogP contribution is 2.20. The summed E-state index contributed by atoms with van der Waals surface area (Å²) in [5.74, 6) is -1.50. The second-order valence-corrected chi connectivity index (χ2v) is 10.0. The van der Waals surface area contributed by atoms with Crippen molar-refractivity contribution in [3.63, 3.8) is 0 Å². The molecule has 2 heterocycles. The first kappa shape index (κ1) is 25.9. The molecule has 1 aromatic heterocycles. The largest absolute Gasteiger partial charge is 0.480 e. The molecular weight excluding hydrogens is 487 g/mol. The summed E-state index contributed by atoms with van der Waals surface area (Å²) in [6.45, 7) is 7.34. The number of hydrogen-bond acceptors (Lipinski definition) is 5. The first-order valence-corrected chi connectivity index (χ1v) is 12.4. The first-order chi connectivity index (χ1) is 17.1. The summed E-state index contributed by atoms with van der Waals surface area (Å²) in [6.07, 6.45) is 1.50. The van der Waals surface area contributed by atoms with Crippen LogP contribution in [0.5, 0.6) is 0 Å². The van der Waals surface area contributed by atoms with Crippen molar-refractivity contribution in [3.8, 4) is 0 Å².